The van der Waals surface area contributed by atoms with Crippen molar-refractivity contribution in [3.05, 3.63) is 64.1 Å². The molecule has 0 radical (unpaired) electrons. The highest BCUT2D eigenvalue weighted by atomic mass is 35.5. The summed E-state index contributed by atoms with van der Waals surface area (Å²) in [6, 6.07) is 14.4. The number of rotatable bonds is 11. The molecule has 0 aromatic heterocycles. The SMILES string of the molecule is CCCCNC(=O)[C@H](CC)N(Cc1c(Cl)cccc1Cl)C(=O)CSc1ccccc1. The fraction of sp³-hybridized carbons (Fsp3) is 0.391. The van der Waals surface area contributed by atoms with Crippen LogP contribution < -0.4 is 5.32 Å². The van der Waals surface area contributed by atoms with Crippen molar-refractivity contribution >= 4 is 46.8 Å². The van der Waals surface area contributed by atoms with E-state index >= 15 is 0 Å². The van der Waals surface area contributed by atoms with Gasteiger partial charge in [0.1, 0.15) is 6.04 Å². The van der Waals surface area contributed by atoms with E-state index in [0.717, 1.165) is 17.7 Å². The molecule has 0 fully saturated rings. The number of halogens is 2. The average molecular weight is 467 g/mol. The summed E-state index contributed by atoms with van der Waals surface area (Å²) in [6.45, 7) is 4.76. The van der Waals surface area contributed by atoms with Gasteiger partial charge in [0.15, 0.2) is 0 Å². The van der Waals surface area contributed by atoms with Crippen LogP contribution in [0.1, 0.15) is 38.7 Å². The molecule has 2 rings (SSSR count). The number of benzene rings is 2. The molecule has 30 heavy (non-hydrogen) atoms. The predicted octanol–water partition coefficient (Wildman–Crippen LogP) is 5.81. The van der Waals surface area contributed by atoms with E-state index in [2.05, 4.69) is 12.2 Å². The van der Waals surface area contributed by atoms with Gasteiger partial charge in [-0.1, -0.05) is 67.7 Å². The molecule has 2 aromatic carbocycles. The highest BCUT2D eigenvalue weighted by Gasteiger charge is 2.29. The number of hydrogen-bond donors (Lipinski definition) is 1. The number of thioether (sulfide) groups is 1. The van der Waals surface area contributed by atoms with E-state index in [1.165, 1.54) is 11.8 Å². The summed E-state index contributed by atoms with van der Waals surface area (Å²) in [4.78, 5) is 28.7. The van der Waals surface area contributed by atoms with Gasteiger partial charge in [0, 0.05) is 33.6 Å². The van der Waals surface area contributed by atoms with Crippen LogP contribution >= 0.6 is 35.0 Å². The molecule has 7 heteroatoms. The van der Waals surface area contributed by atoms with Crippen LogP contribution in [0.15, 0.2) is 53.4 Å². The van der Waals surface area contributed by atoms with Gasteiger partial charge in [-0.15, -0.1) is 11.8 Å². The lowest BCUT2D eigenvalue weighted by atomic mass is 10.1. The van der Waals surface area contributed by atoms with E-state index < -0.39 is 6.04 Å². The minimum absolute atomic E-state index is 0.127. The van der Waals surface area contributed by atoms with Crippen molar-refractivity contribution in [1.82, 2.24) is 10.2 Å². The Morgan fingerprint density at radius 2 is 1.70 bits per heavy atom. The van der Waals surface area contributed by atoms with Crippen molar-refractivity contribution < 1.29 is 9.59 Å². The van der Waals surface area contributed by atoms with Gasteiger partial charge >= 0.3 is 0 Å². The summed E-state index contributed by atoms with van der Waals surface area (Å²) in [5, 5.41) is 3.92. The molecule has 0 aliphatic carbocycles. The molecule has 0 bridgehead atoms. The number of hydrogen-bond acceptors (Lipinski definition) is 3. The third-order valence-electron chi connectivity index (χ3n) is 4.71. The Balaban J connectivity index is 2.23. The molecule has 162 valence electrons. The van der Waals surface area contributed by atoms with Crippen LogP contribution in [-0.2, 0) is 16.1 Å². The first kappa shape index (κ1) is 24.6. The lowest BCUT2D eigenvalue weighted by molar-refractivity contribution is -0.139. The number of nitrogens with zero attached hydrogens (tertiary/aromatic N) is 1. The van der Waals surface area contributed by atoms with Gasteiger partial charge in [0.2, 0.25) is 11.8 Å². The first-order chi connectivity index (χ1) is 14.5. The minimum atomic E-state index is -0.585. The van der Waals surface area contributed by atoms with Crippen LogP contribution in [0.4, 0.5) is 0 Å². The molecular formula is C23H28Cl2N2O2S. The maximum Gasteiger partial charge on any atom is 0.242 e. The molecule has 0 saturated heterocycles. The van der Waals surface area contributed by atoms with Crippen LogP contribution in [0.2, 0.25) is 10.0 Å². The van der Waals surface area contributed by atoms with Crippen LogP contribution in [0.3, 0.4) is 0 Å². The summed E-state index contributed by atoms with van der Waals surface area (Å²) >= 11 is 14.2. The Hall–Kier alpha value is -1.69. The normalized spacial score (nSPS) is 11.7. The maximum atomic E-state index is 13.2. The van der Waals surface area contributed by atoms with Gasteiger partial charge in [-0.05, 0) is 37.1 Å². The molecule has 4 nitrogen and oxygen atoms in total. The Labute approximate surface area is 193 Å². The van der Waals surface area contributed by atoms with Gasteiger partial charge in [0.05, 0.1) is 5.75 Å². The number of carbonyl (C=O) groups excluding carboxylic acids is 2. The lowest BCUT2D eigenvalue weighted by Gasteiger charge is -2.31. The van der Waals surface area contributed by atoms with E-state index in [9.17, 15) is 9.59 Å². The van der Waals surface area contributed by atoms with Gasteiger partial charge in [-0.25, -0.2) is 0 Å². The topological polar surface area (TPSA) is 49.4 Å². The van der Waals surface area contributed by atoms with Crippen LogP contribution in [-0.4, -0.2) is 35.1 Å². The van der Waals surface area contributed by atoms with E-state index in [1.807, 2.05) is 37.3 Å². The molecule has 2 aromatic rings. The number of amides is 2. The zero-order valence-electron chi connectivity index (χ0n) is 17.4. The standard InChI is InChI=1S/C23H28Cl2N2O2S/c1-3-5-14-26-23(29)21(4-2)27(15-18-19(24)12-9-13-20(18)25)22(28)16-30-17-10-7-6-8-11-17/h6-13,21H,3-5,14-16H2,1-2H3,(H,26,29)/t21-/m0/s1. The molecule has 1 atom stereocenters. The quantitative estimate of drug-likeness (QED) is 0.335. The van der Waals surface area contributed by atoms with E-state index in [-0.39, 0.29) is 24.1 Å². The van der Waals surface area contributed by atoms with E-state index in [4.69, 9.17) is 23.2 Å². The van der Waals surface area contributed by atoms with Crippen LogP contribution in [0, 0.1) is 0 Å². The third kappa shape index (κ3) is 7.22. The molecule has 0 spiro atoms. The molecular weight excluding hydrogens is 439 g/mol. The summed E-state index contributed by atoms with van der Waals surface area (Å²) in [5.74, 6) is -0.0466. The van der Waals surface area contributed by atoms with Crippen molar-refractivity contribution in [3.8, 4) is 0 Å². The molecule has 0 aliphatic rings. The largest absolute Gasteiger partial charge is 0.354 e. The highest BCUT2D eigenvalue weighted by molar-refractivity contribution is 8.00. The summed E-state index contributed by atoms with van der Waals surface area (Å²) in [6.07, 6.45) is 2.39. The number of nitrogens with one attached hydrogen (secondary N) is 1. The second kappa shape index (κ2) is 12.9. The summed E-state index contributed by atoms with van der Waals surface area (Å²) < 4.78 is 0. The second-order valence-electron chi connectivity index (χ2n) is 6.89. The maximum absolute atomic E-state index is 13.2. The Bertz CT molecular complexity index is 813. The van der Waals surface area contributed by atoms with Crippen LogP contribution in [0.5, 0.6) is 0 Å². The Kier molecular flexibility index (Phi) is 10.6. The monoisotopic (exact) mass is 466 g/mol. The van der Waals surface area contributed by atoms with E-state index in [0.29, 0.717) is 28.6 Å². The van der Waals surface area contributed by atoms with Crippen molar-refractivity contribution in [2.75, 3.05) is 12.3 Å². The Morgan fingerprint density at radius 3 is 2.30 bits per heavy atom. The third-order valence-corrected chi connectivity index (χ3v) is 6.42. The number of unbranched alkanes of at least 4 members (excludes halogenated alkanes) is 1. The molecule has 0 heterocycles. The smallest absolute Gasteiger partial charge is 0.242 e. The van der Waals surface area contributed by atoms with Gasteiger partial charge in [-0.2, -0.15) is 0 Å². The average Bonchev–Trinajstić information content (AvgIpc) is 2.75. The zero-order chi connectivity index (χ0) is 21.9. The van der Waals surface area contributed by atoms with E-state index in [1.54, 1.807) is 23.1 Å². The number of carbonyl (C=O) groups is 2. The lowest BCUT2D eigenvalue weighted by Crippen LogP contribution is -2.49. The molecule has 2 amide bonds. The first-order valence-corrected chi connectivity index (χ1v) is 11.9. The van der Waals surface area contributed by atoms with Gasteiger partial charge in [0.25, 0.3) is 0 Å². The fourth-order valence-corrected chi connectivity index (χ4v) is 4.35. The van der Waals surface area contributed by atoms with Crippen molar-refractivity contribution in [2.24, 2.45) is 0 Å². The summed E-state index contributed by atoms with van der Waals surface area (Å²) in [5.41, 5.74) is 0.652. The molecule has 0 saturated carbocycles. The second-order valence-corrected chi connectivity index (χ2v) is 8.76. The van der Waals surface area contributed by atoms with Gasteiger partial charge in [-0.3, -0.25) is 9.59 Å². The van der Waals surface area contributed by atoms with Crippen LogP contribution in [0.25, 0.3) is 0 Å². The molecule has 0 aliphatic heterocycles. The molecule has 0 unspecified atom stereocenters. The van der Waals surface area contributed by atoms with Crippen molar-refractivity contribution in [2.45, 2.75) is 50.6 Å². The molecule has 1 N–H and O–H groups in total. The highest BCUT2D eigenvalue weighted by Crippen LogP contribution is 2.28. The predicted molar refractivity (Wildman–Crippen MR) is 126 cm³/mol. The van der Waals surface area contributed by atoms with Crippen molar-refractivity contribution in [1.29, 1.82) is 0 Å². The Morgan fingerprint density at radius 1 is 1.03 bits per heavy atom. The fourth-order valence-electron chi connectivity index (χ4n) is 3.02. The van der Waals surface area contributed by atoms with Gasteiger partial charge < -0.3 is 10.2 Å². The zero-order valence-corrected chi connectivity index (χ0v) is 19.7. The minimum Gasteiger partial charge on any atom is -0.354 e. The summed E-state index contributed by atoms with van der Waals surface area (Å²) in [7, 11) is 0. The first-order valence-electron chi connectivity index (χ1n) is 10.2. The van der Waals surface area contributed by atoms with Crippen molar-refractivity contribution in [3.63, 3.8) is 0 Å².